The fourth-order valence-electron chi connectivity index (χ4n) is 2.81. The number of hydrogen-bond acceptors (Lipinski definition) is 4. The third-order valence-corrected chi connectivity index (χ3v) is 4.32. The van der Waals surface area contributed by atoms with E-state index in [1.807, 2.05) is 38.1 Å². The fraction of sp³-hybridized carbons (Fsp3) is 0.273. The maximum absolute atomic E-state index is 13.0. The van der Waals surface area contributed by atoms with E-state index < -0.39 is 0 Å². The molecule has 1 heterocycles. The van der Waals surface area contributed by atoms with Crippen LogP contribution in [0.4, 0.5) is 4.39 Å². The zero-order valence-electron chi connectivity index (χ0n) is 15.9. The summed E-state index contributed by atoms with van der Waals surface area (Å²) in [6, 6.07) is 13.5. The van der Waals surface area contributed by atoms with Crippen molar-refractivity contribution in [1.29, 1.82) is 0 Å². The van der Waals surface area contributed by atoms with Gasteiger partial charge in [0, 0.05) is 18.4 Å². The number of nitrogens with zero attached hydrogens (tertiary/aromatic N) is 1. The minimum Gasteiger partial charge on any atom is -0.494 e. The molecule has 0 saturated carbocycles. The van der Waals surface area contributed by atoms with E-state index in [1.165, 1.54) is 12.1 Å². The Morgan fingerprint density at radius 3 is 2.57 bits per heavy atom. The van der Waals surface area contributed by atoms with E-state index in [0.29, 0.717) is 24.7 Å². The van der Waals surface area contributed by atoms with Crippen LogP contribution in [0.5, 0.6) is 5.75 Å². The molecule has 6 heteroatoms. The molecule has 0 spiro atoms. The van der Waals surface area contributed by atoms with Gasteiger partial charge in [0.15, 0.2) is 11.7 Å². The van der Waals surface area contributed by atoms with Crippen molar-refractivity contribution in [3.63, 3.8) is 0 Å². The van der Waals surface area contributed by atoms with E-state index in [1.54, 1.807) is 18.3 Å². The van der Waals surface area contributed by atoms with Crippen molar-refractivity contribution in [2.75, 3.05) is 6.61 Å². The number of ether oxygens (including phenoxy) is 1. The van der Waals surface area contributed by atoms with E-state index in [2.05, 4.69) is 10.3 Å². The van der Waals surface area contributed by atoms with Crippen LogP contribution in [0.3, 0.4) is 0 Å². The Balaban J connectivity index is 1.52. The normalized spacial score (nSPS) is 11.8. The second kappa shape index (κ2) is 9.17. The van der Waals surface area contributed by atoms with Crippen molar-refractivity contribution in [2.45, 2.75) is 32.7 Å². The van der Waals surface area contributed by atoms with Crippen LogP contribution in [0.1, 0.15) is 37.8 Å². The number of aromatic nitrogens is 1. The van der Waals surface area contributed by atoms with Crippen LogP contribution in [0, 0.1) is 5.82 Å². The summed E-state index contributed by atoms with van der Waals surface area (Å²) in [7, 11) is 0. The Morgan fingerprint density at radius 1 is 1.18 bits per heavy atom. The molecule has 1 aromatic heterocycles. The summed E-state index contributed by atoms with van der Waals surface area (Å²) in [5.74, 6) is 1.55. The van der Waals surface area contributed by atoms with Gasteiger partial charge in [-0.2, -0.15) is 0 Å². The highest BCUT2D eigenvalue weighted by atomic mass is 19.1. The first-order valence-electron chi connectivity index (χ1n) is 9.28. The highest BCUT2D eigenvalue weighted by Crippen LogP contribution is 2.23. The average molecular weight is 382 g/mol. The molecule has 1 atom stereocenters. The Hall–Kier alpha value is -3.15. The SMILES string of the molecule is CCOc1ccc(-c2cnc(CCC(=O)NC(C)c3ccc(F)cc3)o2)cc1. The van der Waals surface area contributed by atoms with Gasteiger partial charge in [0.2, 0.25) is 5.91 Å². The van der Waals surface area contributed by atoms with Crippen LogP contribution in [0.25, 0.3) is 11.3 Å². The first-order valence-corrected chi connectivity index (χ1v) is 9.28. The molecular weight excluding hydrogens is 359 g/mol. The summed E-state index contributed by atoms with van der Waals surface area (Å²) in [4.78, 5) is 16.4. The van der Waals surface area contributed by atoms with Crippen molar-refractivity contribution in [3.8, 4) is 17.1 Å². The van der Waals surface area contributed by atoms with Gasteiger partial charge < -0.3 is 14.5 Å². The second-order valence-electron chi connectivity index (χ2n) is 6.42. The van der Waals surface area contributed by atoms with Crippen LogP contribution in [0.2, 0.25) is 0 Å². The molecule has 1 unspecified atom stereocenters. The van der Waals surface area contributed by atoms with E-state index in [9.17, 15) is 9.18 Å². The van der Waals surface area contributed by atoms with E-state index in [4.69, 9.17) is 9.15 Å². The number of nitrogens with one attached hydrogen (secondary N) is 1. The van der Waals surface area contributed by atoms with Gasteiger partial charge in [-0.05, 0) is 55.8 Å². The highest BCUT2D eigenvalue weighted by Gasteiger charge is 2.12. The minimum atomic E-state index is -0.297. The lowest BCUT2D eigenvalue weighted by Gasteiger charge is -2.14. The Kier molecular flexibility index (Phi) is 6.42. The van der Waals surface area contributed by atoms with Crippen LogP contribution in [0.15, 0.2) is 59.1 Å². The number of hydrogen-bond donors (Lipinski definition) is 1. The first kappa shape index (κ1) is 19.6. The van der Waals surface area contributed by atoms with Gasteiger partial charge in [-0.15, -0.1) is 0 Å². The first-order chi connectivity index (χ1) is 13.5. The zero-order chi connectivity index (χ0) is 19.9. The molecule has 5 nitrogen and oxygen atoms in total. The van der Waals surface area contributed by atoms with Crippen LogP contribution in [-0.2, 0) is 11.2 Å². The van der Waals surface area contributed by atoms with Crippen molar-refractivity contribution in [1.82, 2.24) is 10.3 Å². The molecule has 0 bridgehead atoms. The number of halogens is 1. The highest BCUT2D eigenvalue weighted by molar-refractivity contribution is 5.76. The summed E-state index contributed by atoms with van der Waals surface area (Å²) in [6.07, 6.45) is 2.32. The lowest BCUT2D eigenvalue weighted by Crippen LogP contribution is -2.26. The second-order valence-corrected chi connectivity index (χ2v) is 6.42. The van der Waals surface area contributed by atoms with Gasteiger partial charge in [0.1, 0.15) is 11.6 Å². The molecule has 0 aliphatic heterocycles. The third kappa shape index (κ3) is 5.19. The van der Waals surface area contributed by atoms with Gasteiger partial charge >= 0.3 is 0 Å². The van der Waals surface area contributed by atoms with E-state index in [-0.39, 0.29) is 24.2 Å². The number of oxazole rings is 1. The quantitative estimate of drug-likeness (QED) is 0.614. The van der Waals surface area contributed by atoms with Gasteiger partial charge in [0.05, 0.1) is 18.8 Å². The Morgan fingerprint density at radius 2 is 1.89 bits per heavy atom. The molecule has 0 fully saturated rings. The van der Waals surface area contributed by atoms with Crippen LogP contribution in [-0.4, -0.2) is 17.5 Å². The summed E-state index contributed by atoms with van der Waals surface area (Å²) < 4.78 is 24.2. The number of carbonyl (C=O) groups excluding carboxylic acids is 1. The lowest BCUT2D eigenvalue weighted by atomic mass is 10.1. The summed E-state index contributed by atoms with van der Waals surface area (Å²) >= 11 is 0. The van der Waals surface area contributed by atoms with Gasteiger partial charge in [0.25, 0.3) is 0 Å². The molecule has 1 amide bonds. The largest absolute Gasteiger partial charge is 0.494 e. The molecule has 3 aromatic rings. The van der Waals surface area contributed by atoms with Crippen LogP contribution >= 0.6 is 0 Å². The molecular formula is C22H23FN2O3. The average Bonchev–Trinajstić information content (AvgIpc) is 3.17. The van der Waals surface area contributed by atoms with E-state index >= 15 is 0 Å². The molecule has 1 N–H and O–H groups in total. The number of rotatable bonds is 8. The summed E-state index contributed by atoms with van der Waals surface area (Å²) in [5, 5.41) is 2.90. The van der Waals surface area contributed by atoms with Gasteiger partial charge in [-0.1, -0.05) is 12.1 Å². The summed E-state index contributed by atoms with van der Waals surface area (Å²) in [5.41, 5.74) is 1.75. The lowest BCUT2D eigenvalue weighted by molar-refractivity contribution is -0.121. The minimum absolute atomic E-state index is 0.113. The van der Waals surface area contributed by atoms with Crippen molar-refractivity contribution in [3.05, 3.63) is 72.0 Å². The smallest absolute Gasteiger partial charge is 0.220 e. The van der Waals surface area contributed by atoms with Crippen molar-refractivity contribution >= 4 is 5.91 Å². The van der Waals surface area contributed by atoms with Gasteiger partial charge in [-0.3, -0.25) is 4.79 Å². The number of carbonyl (C=O) groups is 1. The fourth-order valence-corrected chi connectivity index (χ4v) is 2.81. The topological polar surface area (TPSA) is 64.4 Å². The molecule has 0 aliphatic rings. The molecule has 0 aliphatic carbocycles. The molecule has 0 saturated heterocycles. The Labute approximate surface area is 163 Å². The van der Waals surface area contributed by atoms with Crippen molar-refractivity contribution in [2.24, 2.45) is 0 Å². The maximum atomic E-state index is 13.0. The molecule has 3 rings (SSSR count). The van der Waals surface area contributed by atoms with Crippen LogP contribution < -0.4 is 10.1 Å². The number of aryl methyl sites for hydroxylation is 1. The Bertz CT molecular complexity index is 904. The predicted molar refractivity (Wildman–Crippen MR) is 104 cm³/mol. The van der Waals surface area contributed by atoms with Crippen molar-refractivity contribution < 1.29 is 18.3 Å². The number of amides is 1. The van der Waals surface area contributed by atoms with E-state index in [0.717, 1.165) is 16.9 Å². The third-order valence-electron chi connectivity index (χ3n) is 4.32. The maximum Gasteiger partial charge on any atom is 0.220 e. The van der Waals surface area contributed by atoms with Gasteiger partial charge in [-0.25, -0.2) is 9.37 Å². The monoisotopic (exact) mass is 382 g/mol. The summed E-state index contributed by atoms with van der Waals surface area (Å²) in [6.45, 7) is 4.42. The number of benzene rings is 2. The molecule has 2 aromatic carbocycles. The predicted octanol–water partition coefficient (Wildman–Crippen LogP) is 4.69. The zero-order valence-corrected chi connectivity index (χ0v) is 15.9. The molecule has 0 radical (unpaired) electrons. The molecule has 146 valence electrons. The molecule has 28 heavy (non-hydrogen) atoms. The standard InChI is InChI=1S/C22H23FN2O3/c1-3-27-19-10-6-17(7-11-19)20-14-24-22(28-20)13-12-21(26)25-15(2)16-4-8-18(23)9-5-16/h4-11,14-15H,3,12-13H2,1-2H3,(H,25,26).